The number of aryl methyl sites for hydroxylation is 2. The van der Waals surface area contributed by atoms with E-state index in [1.807, 2.05) is 44.2 Å². The summed E-state index contributed by atoms with van der Waals surface area (Å²) in [5.74, 6) is -0.275. The average Bonchev–Trinajstić information content (AvgIpc) is 2.85. The van der Waals surface area contributed by atoms with Gasteiger partial charge in [0.2, 0.25) is 5.91 Å². The van der Waals surface area contributed by atoms with E-state index < -0.39 is 0 Å². The molecule has 1 heterocycles. The first kappa shape index (κ1) is 22.9. The molecule has 0 aliphatic rings. The van der Waals surface area contributed by atoms with Gasteiger partial charge in [0.1, 0.15) is 0 Å². The fourth-order valence-electron chi connectivity index (χ4n) is 2.23. The number of benzene rings is 1. The highest BCUT2D eigenvalue weighted by Crippen LogP contribution is 2.19. The number of rotatable bonds is 6. The Morgan fingerprint density at radius 2 is 1.88 bits per heavy atom. The first-order valence-electron chi connectivity index (χ1n) is 7.50. The summed E-state index contributed by atoms with van der Waals surface area (Å²) in [7, 11) is 0. The molecule has 24 heavy (non-hydrogen) atoms. The van der Waals surface area contributed by atoms with Crippen molar-refractivity contribution in [3.05, 3.63) is 51.5 Å². The molecule has 0 saturated heterocycles. The number of carbonyl (C=O) groups is 1. The van der Waals surface area contributed by atoms with E-state index in [0.29, 0.717) is 6.54 Å². The van der Waals surface area contributed by atoms with E-state index in [1.165, 1.54) is 4.88 Å². The summed E-state index contributed by atoms with van der Waals surface area (Å²) < 4.78 is 0. The monoisotopic (exact) mass is 389 g/mol. The van der Waals surface area contributed by atoms with Gasteiger partial charge < -0.3 is 11.1 Å². The van der Waals surface area contributed by atoms with Gasteiger partial charge in [0.15, 0.2) is 0 Å². The molecule has 134 valence electrons. The minimum absolute atomic E-state index is 0. The van der Waals surface area contributed by atoms with Crippen molar-refractivity contribution >= 4 is 42.1 Å². The number of nitrogens with zero attached hydrogens (tertiary/aromatic N) is 1. The maximum absolute atomic E-state index is 12.2. The summed E-state index contributed by atoms with van der Waals surface area (Å²) in [4.78, 5) is 17.9. The van der Waals surface area contributed by atoms with Crippen LogP contribution in [0.4, 0.5) is 0 Å². The maximum Gasteiger partial charge on any atom is 0.224 e. The summed E-state index contributed by atoms with van der Waals surface area (Å²) in [6.45, 7) is 6.53. The van der Waals surface area contributed by atoms with Crippen molar-refractivity contribution in [2.75, 3.05) is 6.54 Å². The largest absolute Gasteiger partial charge is 0.355 e. The van der Waals surface area contributed by atoms with Crippen molar-refractivity contribution in [2.24, 2.45) is 11.7 Å². The summed E-state index contributed by atoms with van der Waals surface area (Å²) in [6, 6.07) is 9.44. The van der Waals surface area contributed by atoms with E-state index in [-0.39, 0.29) is 42.7 Å². The van der Waals surface area contributed by atoms with Crippen molar-refractivity contribution < 1.29 is 4.79 Å². The molecule has 0 radical (unpaired) electrons. The van der Waals surface area contributed by atoms with Crippen molar-refractivity contribution in [1.82, 2.24) is 10.3 Å². The zero-order valence-electron chi connectivity index (χ0n) is 14.1. The lowest BCUT2D eigenvalue weighted by atomic mass is 9.95. The van der Waals surface area contributed by atoms with Gasteiger partial charge in [-0.2, -0.15) is 0 Å². The third kappa shape index (κ3) is 6.06. The van der Waals surface area contributed by atoms with Crippen molar-refractivity contribution in [3.8, 4) is 0 Å². The Morgan fingerprint density at radius 3 is 2.42 bits per heavy atom. The molecule has 1 aromatic heterocycles. The lowest BCUT2D eigenvalue weighted by Crippen LogP contribution is -2.36. The van der Waals surface area contributed by atoms with Crippen molar-refractivity contribution in [2.45, 2.75) is 33.2 Å². The zero-order valence-corrected chi connectivity index (χ0v) is 16.6. The van der Waals surface area contributed by atoms with E-state index >= 15 is 0 Å². The Labute approximate surface area is 160 Å². The lowest BCUT2D eigenvalue weighted by molar-refractivity contribution is -0.125. The van der Waals surface area contributed by atoms with Crippen LogP contribution in [0.5, 0.6) is 0 Å². The van der Waals surface area contributed by atoms with Crippen molar-refractivity contribution in [3.63, 3.8) is 0 Å². The predicted octanol–water partition coefficient (Wildman–Crippen LogP) is 3.60. The number of carbonyl (C=O) groups excluding carboxylic acids is 1. The third-order valence-corrected chi connectivity index (χ3v) is 4.98. The van der Waals surface area contributed by atoms with E-state index in [1.54, 1.807) is 11.3 Å². The molecule has 1 amide bonds. The molecule has 0 bridgehead atoms. The number of thiazole rings is 1. The van der Waals surface area contributed by atoms with Crippen molar-refractivity contribution in [1.29, 1.82) is 0 Å². The SMILES string of the molecule is Cc1nc(CCNC(=O)C(C)C(N)c2ccccc2)sc1C.Cl.Cl. The summed E-state index contributed by atoms with van der Waals surface area (Å²) in [5.41, 5.74) is 8.23. The summed E-state index contributed by atoms with van der Waals surface area (Å²) in [6.07, 6.45) is 0.762. The van der Waals surface area contributed by atoms with Crippen LogP contribution in [0.3, 0.4) is 0 Å². The number of nitrogens with two attached hydrogens (primary N) is 1. The number of nitrogens with one attached hydrogen (secondary N) is 1. The standard InChI is InChI=1S/C17H23N3OS.2ClH/c1-11(16(18)14-7-5-4-6-8-14)17(21)19-10-9-15-20-12(2)13(3)22-15;;/h4-8,11,16H,9-10,18H2,1-3H3,(H,19,21);2*1H. The lowest BCUT2D eigenvalue weighted by Gasteiger charge is -2.19. The van der Waals surface area contributed by atoms with Crippen LogP contribution in [-0.4, -0.2) is 17.4 Å². The van der Waals surface area contributed by atoms with Crippen LogP contribution in [0, 0.1) is 19.8 Å². The predicted molar refractivity (Wildman–Crippen MR) is 105 cm³/mol. The number of halogens is 2. The second-order valence-corrected chi connectivity index (χ2v) is 6.80. The normalized spacial score (nSPS) is 12.5. The average molecular weight is 390 g/mol. The number of aromatic nitrogens is 1. The fourth-order valence-corrected chi connectivity index (χ4v) is 3.16. The van der Waals surface area contributed by atoms with E-state index in [9.17, 15) is 4.79 Å². The third-order valence-electron chi connectivity index (χ3n) is 3.85. The highest BCUT2D eigenvalue weighted by molar-refractivity contribution is 7.11. The van der Waals surface area contributed by atoms with Crippen LogP contribution in [-0.2, 0) is 11.2 Å². The van der Waals surface area contributed by atoms with Gasteiger partial charge in [0, 0.05) is 23.9 Å². The first-order chi connectivity index (χ1) is 10.5. The number of hydrogen-bond acceptors (Lipinski definition) is 4. The minimum Gasteiger partial charge on any atom is -0.355 e. The van der Waals surface area contributed by atoms with Crippen LogP contribution in [0.15, 0.2) is 30.3 Å². The zero-order chi connectivity index (χ0) is 16.1. The Balaban J connectivity index is 0.00000264. The molecule has 2 rings (SSSR count). The van der Waals surface area contributed by atoms with Gasteiger partial charge in [-0.15, -0.1) is 36.2 Å². The highest BCUT2D eigenvalue weighted by Gasteiger charge is 2.21. The van der Waals surface area contributed by atoms with Crippen LogP contribution in [0.25, 0.3) is 0 Å². The van der Waals surface area contributed by atoms with Gasteiger partial charge in [0.25, 0.3) is 0 Å². The minimum atomic E-state index is -0.287. The molecule has 4 nitrogen and oxygen atoms in total. The molecule has 2 aromatic rings. The summed E-state index contributed by atoms with van der Waals surface area (Å²) >= 11 is 1.69. The van der Waals surface area contributed by atoms with E-state index in [4.69, 9.17) is 5.73 Å². The molecule has 0 aliphatic carbocycles. The molecule has 0 fully saturated rings. The van der Waals surface area contributed by atoms with Gasteiger partial charge in [-0.25, -0.2) is 4.98 Å². The molecule has 0 saturated carbocycles. The second kappa shape index (κ2) is 10.7. The van der Waals surface area contributed by atoms with Gasteiger partial charge >= 0.3 is 0 Å². The molecule has 2 atom stereocenters. The maximum atomic E-state index is 12.2. The molecular weight excluding hydrogens is 365 g/mol. The molecular formula is C17H25Cl2N3OS. The van der Waals surface area contributed by atoms with Gasteiger partial charge in [-0.1, -0.05) is 37.3 Å². The first-order valence-corrected chi connectivity index (χ1v) is 8.32. The Morgan fingerprint density at radius 1 is 1.25 bits per heavy atom. The molecule has 0 aliphatic heterocycles. The quantitative estimate of drug-likeness (QED) is 0.792. The fraction of sp³-hybridized carbons (Fsp3) is 0.412. The van der Waals surface area contributed by atoms with Gasteiger partial charge in [-0.05, 0) is 19.4 Å². The molecule has 0 spiro atoms. The number of amides is 1. The summed E-state index contributed by atoms with van der Waals surface area (Å²) in [5, 5.41) is 4.02. The second-order valence-electron chi connectivity index (χ2n) is 5.52. The Kier molecular flexibility index (Phi) is 10.2. The van der Waals surface area contributed by atoms with Crippen LogP contribution in [0.1, 0.15) is 34.1 Å². The Hall–Kier alpha value is -1.14. The molecule has 1 aromatic carbocycles. The Bertz CT molecular complexity index is 615. The molecule has 7 heteroatoms. The van der Waals surface area contributed by atoms with Gasteiger partial charge in [0.05, 0.1) is 16.6 Å². The molecule has 2 unspecified atom stereocenters. The van der Waals surface area contributed by atoms with Crippen LogP contribution < -0.4 is 11.1 Å². The smallest absolute Gasteiger partial charge is 0.224 e. The van der Waals surface area contributed by atoms with Crippen LogP contribution >= 0.6 is 36.2 Å². The molecule has 3 N–H and O–H groups in total. The topological polar surface area (TPSA) is 68.0 Å². The van der Waals surface area contributed by atoms with E-state index in [0.717, 1.165) is 22.7 Å². The highest BCUT2D eigenvalue weighted by atomic mass is 35.5. The van der Waals surface area contributed by atoms with E-state index in [2.05, 4.69) is 17.2 Å². The van der Waals surface area contributed by atoms with Gasteiger partial charge in [-0.3, -0.25) is 4.79 Å². The van der Waals surface area contributed by atoms with Crippen LogP contribution in [0.2, 0.25) is 0 Å². The number of hydrogen-bond donors (Lipinski definition) is 2.